The molecule has 0 bridgehead atoms. The van der Waals surface area contributed by atoms with Crippen LogP contribution in [0.2, 0.25) is 0 Å². The van der Waals surface area contributed by atoms with E-state index in [0.717, 1.165) is 6.42 Å². The summed E-state index contributed by atoms with van der Waals surface area (Å²) >= 11 is 0. The number of hydrogen-bond acceptors (Lipinski definition) is 4. The zero-order valence-electron chi connectivity index (χ0n) is 9.14. The average Bonchev–Trinajstić information content (AvgIpc) is 2.73. The second kappa shape index (κ2) is 4.82. The van der Waals surface area contributed by atoms with Crippen LogP contribution in [0.15, 0.2) is 18.5 Å². The van der Waals surface area contributed by atoms with Crippen LogP contribution in [-0.2, 0) is 4.79 Å². The Morgan fingerprint density at radius 2 is 2.47 bits per heavy atom. The second-order valence-electron chi connectivity index (χ2n) is 3.91. The monoisotopic (exact) mass is 235 g/mol. The number of hydrogen-bond donors (Lipinski definition) is 3. The van der Waals surface area contributed by atoms with Crippen molar-refractivity contribution in [3.05, 3.63) is 24.0 Å². The number of aromatic nitrogens is 1. The lowest BCUT2D eigenvalue weighted by Gasteiger charge is -2.13. The zero-order valence-corrected chi connectivity index (χ0v) is 9.14. The van der Waals surface area contributed by atoms with E-state index in [1.54, 1.807) is 0 Å². The summed E-state index contributed by atoms with van der Waals surface area (Å²) in [5.74, 6) is -0.952. The average molecular weight is 235 g/mol. The van der Waals surface area contributed by atoms with Gasteiger partial charge in [0.2, 0.25) is 5.91 Å². The summed E-state index contributed by atoms with van der Waals surface area (Å²) in [5.41, 5.74) is 0.658. The predicted molar refractivity (Wildman–Crippen MR) is 60.9 cm³/mol. The van der Waals surface area contributed by atoms with E-state index in [9.17, 15) is 9.59 Å². The Morgan fingerprint density at radius 1 is 1.65 bits per heavy atom. The van der Waals surface area contributed by atoms with Crippen molar-refractivity contribution in [2.24, 2.45) is 0 Å². The van der Waals surface area contributed by atoms with Crippen LogP contribution in [0.4, 0.5) is 5.69 Å². The molecule has 6 nitrogen and oxygen atoms in total. The highest BCUT2D eigenvalue weighted by Crippen LogP contribution is 2.14. The molecule has 0 spiro atoms. The lowest BCUT2D eigenvalue weighted by molar-refractivity contribution is -0.119. The number of amides is 1. The summed E-state index contributed by atoms with van der Waals surface area (Å²) in [6.45, 7) is 0.512. The highest BCUT2D eigenvalue weighted by molar-refractivity contribution is 5.93. The van der Waals surface area contributed by atoms with Gasteiger partial charge in [-0.15, -0.1) is 0 Å². The SMILES string of the molecule is O=C1CCC(CNc2cnccc2C(=O)O)N1. The molecule has 0 saturated carbocycles. The summed E-state index contributed by atoms with van der Waals surface area (Å²) < 4.78 is 0. The first-order chi connectivity index (χ1) is 8.16. The van der Waals surface area contributed by atoms with E-state index >= 15 is 0 Å². The van der Waals surface area contributed by atoms with Crippen molar-refractivity contribution in [2.75, 3.05) is 11.9 Å². The molecule has 1 aromatic heterocycles. The molecular weight excluding hydrogens is 222 g/mol. The Hall–Kier alpha value is -2.11. The van der Waals surface area contributed by atoms with Crippen molar-refractivity contribution >= 4 is 17.6 Å². The second-order valence-corrected chi connectivity index (χ2v) is 3.91. The molecule has 3 N–H and O–H groups in total. The summed E-state index contributed by atoms with van der Waals surface area (Å²) in [4.78, 5) is 25.8. The Morgan fingerprint density at radius 3 is 3.12 bits per heavy atom. The molecule has 2 heterocycles. The first kappa shape index (κ1) is 11.4. The molecule has 90 valence electrons. The number of nitrogens with one attached hydrogen (secondary N) is 2. The van der Waals surface area contributed by atoms with Crippen LogP contribution < -0.4 is 10.6 Å². The van der Waals surface area contributed by atoms with Crippen LogP contribution >= 0.6 is 0 Å². The number of carbonyl (C=O) groups excluding carboxylic acids is 1. The van der Waals surface area contributed by atoms with E-state index in [0.29, 0.717) is 18.7 Å². The van der Waals surface area contributed by atoms with E-state index in [-0.39, 0.29) is 17.5 Å². The molecule has 6 heteroatoms. The van der Waals surface area contributed by atoms with Gasteiger partial charge < -0.3 is 15.7 Å². The number of aromatic carboxylic acids is 1. The van der Waals surface area contributed by atoms with Gasteiger partial charge in [0.15, 0.2) is 0 Å². The van der Waals surface area contributed by atoms with E-state index in [1.165, 1.54) is 18.5 Å². The maximum Gasteiger partial charge on any atom is 0.337 e. The molecule has 1 atom stereocenters. The van der Waals surface area contributed by atoms with Crippen LogP contribution in [0.3, 0.4) is 0 Å². The third-order valence-electron chi connectivity index (χ3n) is 2.68. The van der Waals surface area contributed by atoms with Gasteiger partial charge in [0.05, 0.1) is 17.4 Å². The molecule has 0 radical (unpaired) electrons. The highest BCUT2D eigenvalue weighted by Gasteiger charge is 2.20. The number of carboxylic acids is 1. The standard InChI is InChI=1S/C11H13N3O3/c15-10-2-1-7(14-10)5-13-9-6-12-4-3-8(9)11(16)17/h3-4,6-7,13H,1-2,5H2,(H,14,15)(H,16,17). The van der Waals surface area contributed by atoms with Gasteiger partial charge in [-0.25, -0.2) is 4.79 Å². The van der Waals surface area contributed by atoms with Gasteiger partial charge in [-0.3, -0.25) is 9.78 Å². The van der Waals surface area contributed by atoms with Crippen molar-refractivity contribution in [1.29, 1.82) is 0 Å². The van der Waals surface area contributed by atoms with Crippen LogP contribution in [0, 0.1) is 0 Å². The number of nitrogens with zero attached hydrogens (tertiary/aromatic N) is 1. The summed E-state index contributed by atoms with van der Waals surface area (Å²) in [6, 6.07) is 1.50. The summed E-state index contributed by atoms with van der Waals surface area (Å²) in [5, 5.41) is 14.8. The molecule has 17 heavy (non-hydrogen) atoms. The largest absolute Gasteiger partial charge is 0.478 e. The Kier molecular flexibility index (Phi) is 3.22. The molecular formula is C11H13N3O3. The van der Waals surface area contributed by atoms with Crippen molar-refractivity contribution in [3.63, 3.8) is 0 Å². The topological polar surface area (TPSA) is 91.3 Å². The fourth-order valence-corrected chi connectivity index (χ4v) is 1.79. The van der Waals surface area contributed by atoms with Crippen molar-refractivity contribution in [1.82, 2.24) is 10.3 Å². The fourth-order valence-electron chi connectivity index (χ4n) is 1.79. The van der Waals surface area contributed by atoms with Crippen LogP contribution in [0.5, 0.6) is 0 Å². The summed E-state index contributed by atoms with van der Waals surface area (Å²) in [6.07, 6.45) is 4.21. The van der Waals surface area contributed by atoms with Crippen molar-refractivity contribution in [3.8, 4) is 0 Å². The van der Waals surface area contributed by atoms with Crippen LogP contribution in [0.25, 0.3) is 0 Å². The van der Waals surface area contributed by atoms with Crippen molar-refractivity contribution in [2.45, 2.75) is 18.9 Å². The Labute approximate surface area is 98.1 Å². The van der Waals surface area contributed by atoms with Gasteiger partial charge in [0.25, 0.3) is 0 Å². The van der Waals surface area contributed by atoms with Gasteiger partial charge in [-0.1, -0.05) is 0 Å². The normalized spacial score (nSPS) is 18.8. The molecule has 1 unspecified atom stereocenters. The number of rotatable bonds is 4. The molecule has 1 amide bonds. The Bertz CT molecular complexity index is 447. The van der Waals surface area contributed by atoms with Gasteiger partial charge in [-0.2, -0.15) is 0 Å². The minimum absolute atomic E-state index is 0.0430. The lowest BCUT2D eigenvalue weighted by Crippen LogP contribution is -2.32. The quantitative estimate of drug-likeness (QED) is 0.705. The first-order valence-corrected chi connectivity index (χ1v) is 5.37. The van der Waals surface area contributed by atoms with Gasteiger partial charge in [-0.05, 0) is 12.5 Å². The number of anilines is 1. The molecule has 0 aromatic carbocycles. The third-order valence-corrected chi connectivity index (χ3v) is 2.68. The van der Waals surface area contributed by atoms with Gasteiger partial charge in [0, 0.05) is 25.2 Å². The molecule has 1 aliphatic heterocycles. The molecule has 2 rings (SSSR count). The molecule has 1 saturated heterocycles. The van der Waals surface area contributed by atoms with Crippen LogP contribution in [0.1, 0.15) is 23.2 Å². The molecule has 1 aliphatic rings. The number of carboxylic acid groups (broad SMARTS) is 1. The minimum atomic E-state index is -0.995. The maximum atomic E-state index is 11.0. The van der Waals surface area contributed by atoms with E-state index < -0.39 is 5.97 Å². The molecule has 0 aliphatic carbocycles. The van der Waals surface area contributed by atoms with E-state index in [4.69, 9.17) is 5.11 Å². The predicted octanol–water partition coefficient (Wildman–Crippen LogP) is 0.470. The number of pyridine rings is 1. The van der Waals surface area contributed by atoms with E-state index in [1.807, 2.05) is 0 Å². The molecule has 1 fully saturated rings. The maximum absolute atomic E-state index is 11.0. The van der Waals surface area contributed by atoms with Gasteiger partial charge >= 0.3 is 5.97 Å². The minimum Gasteiger partial charge on any atom is -0.478 e. The Balaban J connectivity index is 1.99. The first-order valence-electron chi connectivity index (χ1n) is 5.37. The smallest absolute Gasteiger partial charge is 0.337 e. The molecule has 1 aromatic rings. The third kappa shape index (κ3) is 2.72. The highest BCUT2D eigenvalue weighted by atomic mass is 16.4. The number of carbonyl (C=O) groups is 2. The summed E-state index contributed by atoms with van der Waals surface area (Å²) in [7, 11) is 0. The van der Waals surface area contributed by atoms with Crippen molar-refractivity contribution < 1.29 is 14.7 Å². The fraction of sp³-hybridized carbons (Fsp3) is 0.364. The zero-order chi connectivity index (χ0) is 12.3. The lowest BCUT2D eigenvalue weighted by atomic mass is 10.2. The van der Waals surface area contributed by atoms with E-state index in [2.05, 4.69) is 15.6 Å². The van der Waals surface area contributed by atoms with Gasteiger partial charge in [0.1, 0.15) is 0 Å². The van der Waals surface area contributed by atoms with Crippen LogP contribution in [-0.4, -0.2) is 34.6 Å².